The molecule has 0 aliphatic carbocycles. The highest BCUT2D eigenvalue weighted by molar-refractivity contribution is 5.27. The van der Waals surface area contributed by atoms with Crippen LogP contribution in [0.3, 0.4) is 0 Å². The second-order valence-corrected chi connectivity index (χ2v) is 12.0. The summed E-state index contributed by atoms with van der Waals surface area (Å²) in [5.74, 6) is 0. The summed E-state index contributed by atoms with van der Waals surface area (Å²) in [6.07, 6.45) is 5.95. The zero-order valence-electron chi connectivity index (χ0n) is 20.8. The van der Waals surface area contributed by atoms with Gasteiger partial charge in [-0.2, -0.15) is 0 Å². The van der Waals surface area contributed by atoms with E-state index in [2.05, 4.69) is 81.4 Å². The predicted octanol–water partition coefficient (Wildman–Crippen LogP) is 5.96. The number of pyridine rings is 1. The molecular weight excluding hydrogens is 368 g/mol. The molecule has 4 heteroatoms. The zero-order valence-corrected chi connectivity index (χ0v) is 20.8. The molecule has 30 heavy (non-hydrogen) atoms. The van der Waals surface area contributed by atoms with Gasteiger partial charge in [0.05, 0.1) is 17.1 Å². The summed E-state index contributed by atoms with van der Waals surface area (Å²) in [7, 11) is 0. The number of hydrogen-bond donors (Lipinski definition) is 1. The SMILES string of the molecule is CC(C)(C)c1ccc(C(C)(C)CCC(C)(C)c2ncc(C(C)(C)C)nc2CN)nc1. The summed E-state index contributed by atoms with van der Waals surface area (Å²) in [6.45, 7) is 22.6. The first-order valence-corrected chi connectivity index (χ1v) is 11.1. The van der Waals surface area contributed by atoms with Crippen molar-refractivity contribution in [1.29, 1.82) is 0 Å². The van der Waals surface area contributed by atoms with E-state index in [1.54, 1.807) is 0 Å². The third-order valence-electron chi connectivity index (χ3n) is 6.15. The summed E-state index contributed by atoms with van der Waals surface area (Å²) in [6, 6.07) is 4.41. The smallest absolute Gasteiger partial charge is 0.0763 e. The first-order valence-electron chi connectivity index (χ1n) is 11.1. The van der Waals surface area contributed by atoms with Crippen LogP contribution in [0.25, 0.3) is 0 Å². The maximum absolute atomic E-state index is 6.07. The molecule has 0 saturated carbocycles. The van der Waals surface area contributed by atoms with Crippen molar-refractivity contribution < 1.29 is 0 Å². The Bertz CT molecular complexity index is 850. The number of hydrogen-bond acceptors (Lipinski definition) is 4. The summed E-state index contributed by atoms with van der Waals surface area (Å²) in [5.41, 5.74) is 11.4. The fraction of sp³-hybridized carbons (Fsp3) is 0.654. The molecule has 166 valence electrons. The van der Waals surface area contributed by atoms with Gasteiger partial charge < -0.3 is 5.73 Å². The Labute approximate surface area is 184 Å². The first-order chi connectivity index (χ1) is 13.6. The van der Waals surface area contributed by atoms with Gasteiger partial charge in [-0.3, -0.25) is 15.0 Å². The van der Waals surface area contributed by atoms with Gasteiger partial charge in [-0.1, -0.05) is 75.3 Å². The Balaban J connectivity index is 2.22. The van der Waals surface area contributed by atoms with Crippen molar-refractivity contribution in [3.8, 4) is 0 Å². The Hall–Kier alpha value is -1.81. The van der Waals surface area contributed by atoms with E-state index >= 15 is 0 Å². The standard InChI is InChI=1S/C26H42N4/c1-23(2,3)18-11-12-20(28-16-18)25(7,8)13-14-26(9,10)22-19(15-27)30-21(17-29-22)24(4,5)6/h11-12,16-17H,13-15,27H2,1-10H3. The largest absolute Gasteiger partial charge is 0.325 e. The zero-order chi connectivity index (χ0) is 23.0. The van der Waals surface area contributed by atoms with E-state index in [1.165, 1.54) is 5.56 Å². The highest BCUT2D eigenvalue weighted by Crippen LogP contribution is 2.36. The van der Waals surface area contributed by atoms with Crippen LogP contribution in [-0.2, 0) is 28.2 Å². The highest BCUT2D eigenvalue weighted by atomic mass is 14.9. The van der Waals surface area contributed by atoms with Gasteiger partial charge in [0, 0.05) is 40.9 Å². The molecule has 2 aromatic rings. The molecular formula is C26H42N4. The summed E-state index contributed by atoms with van der Waals surface area (Å²) < 4.78 is 0. The molecule has 2 heterocycles. The molecule has 0 unspecified atom stereocenters. The van der Waals surface area contributed by atoms with Crippen LogP contribution in [0.4, 0.5) is 0 Å². The van der Waals surface area contributed by atoms with Gasteiger partial charge >= 0.3 is 0 Å². The van der Waals surface area contributed by atoms with Crippen molar-refractivity contribution in [3.63, 3.8) is 0 Å². The molecule has 0 radical (unpaired) electrons. The van der Waals surface area contributed by atoms with Crippen LogP contribution in [-0.4, -0.2) is 15.0 Å². The van der Waals surface area contributed by atoms with E-state index in [0.29, 0.717) is 6.54 Å². The lowest BCUT2D eigenvalue weighted by Crippen LogP contribution is -2.29. The van der Waals surface area contributed by atoms with Crippen molar-refractivity contribution in [3.05, 3.63) is 52.9 Å². The lowest BCUT2D eigenvalue weighted by molar-refractivity contribution is 0.359. The Kier molecular flexibility index (Phi) is 6.83. The van der Waals surface area contributed by atoms with E-state index < -0.39 is 0 Å². The minimum absolute atomic E-state index is 0.0185. The summed E-state index contributed by atoms with van der Waals surface area (Å²) in [4.78, 5) is 14.5. The van der Waals surface area contributed by atoms with Gasteiger partial charge in [-0.15, -0.1) is 0 Å². The summed E-state index contributed by atoms with van der Waals surface area (Å²) >= 11 is 0. The van der Waals surface area contributed by atoms with Crippen molar-refractivity contribution >= 4 is 0 Å². The molecule has 2 aromatic heterocycles. The highest BCUT2D eigenvalue weighted by Gasteiger charge is 2.31. The fourth-order valence-electron chi connectivity index (χ4n) is 3.61. The van der Waals surface area contributed by atoms with Gasteiger partial charge in [-0.05, 0) is 29.9 Å². The lowest BCUT2D eigenvalue weighted by Gasteiger charge is -2.32. The molecule has 0 atom stereocenters. The fourth-order valence-corrected chi connectivity index (χ4v) is 3.61. The summed E-state index contributed by atoms with van der Waals surface area (Å²) in [5, 5.41) is 0. The second kappa shape index (κ2) is 8.37. The predicted molar refractivity (Wildman–Crippen MR) is 127 cm³/mol. The average Bonchev–Trinajstić information content (AvgIpc) is 2.65. The van der Waals surface area contributed by atoms with Crippen LogP contribution in [0.15, 0.2) is 24.5 Å². The molecule has 0 saturated heterocycles. The third kappa shape index (κ3) is 5.66. The van der Waals surface area contributed by atoms with Crippen molar-refractivity contribution in [2.75, 3.05) is 0 Å². The van der Waals surface area contributed by atoms with Gasteiger partial charge in [0.25, 0.3) is 0 Å². The molecule has 0 amide bonds. The van der Waals surface area contributed by atoms with Gasteiger partial charge in [-0.25, -0.2) is 0 Å². The molecule has 0 aliphatic heterocycles. The van der Waals surface area contributed by atoms with Gasteiger partial charge in [0.1, 0.15) is 0 Å². The van der Waals surface area contributed by atoms with E-state index in [4.69, 9.17) is 20.7 Å². The third-order valence-corrected chi connectivity index (χ3v) is 6.15. The molecule has 0 aromatic carbocycles. The van der Waals surface area contributed by atoms with Gasteiger partial charge in [0.15, 0.2) is 0 Å². The molecule has 0 spiro atoms. The van der Waals surface area contributed by atoms with E-state index in [0.717, 1.165) is 35.6 Å². The molecule has 2 rings (SSSR count). The first kappa shape index (κ1) is 24.5. The number of nitrogens with zero attached hydrogens (tertiary/aromatic N) is 3. The molecule has 0 fully saturated rings. The van der Waals surface area contributed by atoms with Crippen LogP contribution in [0.1, 0.15) is 110 Å². The van der Waals surface area contributed by atoms with Crippen LogP contribution in [0.2, 0.25) is 0 Å². The lowest BCUT2D eigenvalue weighted by atomic mass is 9.75. The van der Waals surface area contributed by atoms with Crippen LogP contribution in [0.5, 0.6) is 0 Å². The number of aromatic nitrogens is 3. The van der Waals surface area contributed by atoms with Crippen molar-refractivity contribution in [2.24, 2.45) is 5.73 Å². The van der Waals surface area contributed by atoms with Crippen molar-refractivity contribution in [1.82, 2.24) is 15.0 Å². The average molecular weight is 411 g/mol. The Morgan fingerprint density at radius 1 is 0.700 bits per heavy atom. The van der Waals surface area contributed by atoms with E-state index in [1.807, 2.05) is 12.4 Å². The molecule has 2 N–H and O–H groups in total. The second-order valence-electron chi connectivity index (χ2n) is 12.0. The van der Waals surface area contributed by atoms with E-state index in [9.17, 15) is 0 Å². The maximum atomic E-state index is 6.07. The minimum Gasteiger partial charge on any atom is -0.325 e. The van der Waals surface area contributed by atoms with Crippen LogP contribution >= 0.6 is 0 Å². The Morgan fingerprint density at radius 2 is 1.30 bits per heavy atom. The van der Waals surface area contributed by atoms with E-state index in [-0.39, 0.29) is 21.7 Å². The number of rotatable bonds is 6. The molecule has 4 nitrogen and oxygen atoms in total. The maximum Gasteiger partial charge on any atom is 0.0763 e. The van der Waals surface area contributed by atoms with Crippen LogP contribution < -0.4 is 5.73 Å². The monoisotopic (exact) mass is 410 g/mol. The topological polar surface area (TPSA) is 64.7 Å². The minimum atomic E-state index is -0.110. The quantitative estimate of drug-likeness (QED) is 0.638. The van der Waals surface area contributed by atoms with Gasteiger partial charge in [0.2, 0.25) is 0 Å². The van der Waals surface area contributed by atoms with Crippen molar-refractivity contribution in [2.45, 2.75) is 110 Å². The Morgan fingerprint density at radius 3 is 1.77 bits per heavy atom. The normalized spacial score (nSPS) is 13.6. The molecule has 0 bridgehead atoms. The molecule has 0 aliphatic rings. The number of nitrogens with two attached hydrogens (primary N) is 1. The van der Waals surface area contributed by atoms with Crippen LogP contribution in [0, 0.1) is 0 Å².